The molecule has 0 radical (unpaired) electrons. The number of hydrogen-bond acceptors (Lipinski definition) is 2. The number of fused-ring (bicyclic) bond motifs is 1. The molecule has 2 aromatic rings. The maximum Gasteiger partial charge on any atom is 0.407 e. The second-order valence-electron chi connectivity index (χ2n) is 5.79. The number of ether oxygens (including phenoxy) is 1. The first-order valence-corrected chi connectivity index (χ1v) is 8.06. The Labute approximate surface area is 132 Å². The number of carbonyl (C=O) groups excluding carboxylic acids is 1. The van der Waals surface area contributed by atoms with Gasteiger partial charge in [-0.1, -0.05) is 62.2 Å². The molecule has 2 aromatic carbocycles. The van der Waals surface area contributed by atoms with Gasteiger partial charge in [-0.3, -0.25) is 0 Å². The fraction of sp³-hybridized carbons (Fsp3) is 0.421. The number of benzene rings is 2. The number of hydrogen-bond donors (Lipinski definition) is 1. The van der Waals surface area contributed by atoms with Gasteiger partial charge in [0.1, 0.15) is 6.10 Å². The van der Waals surface area contributed by atoms with Crippen molar-refractivity contribution >= 4 is 16.9 Å². The van der Waals surface area contributed by atoms with Crippen molar-refractivity contribution in [3.05, 3.63) is 48.0 Å². The first-order chi connectivity index (χ1) is 10.6. The summed E-state index contributed by atoms with van der Waals surface area (Å²) in [7, 11) is 0. The van der Waals surface area contributed by atoms with Crippen molar-refractivity contribution in [3.8, 4) is 0 Å². The minimum absolute atomic E-state index is 0.0420. The quantitative estimate of drug-likeness (QED) is 0.795. The van der Waals surface area contributed by atoms with Crippen LogP contribution in [-0.4, -0.2) is 12.2 Å². The summed E-state index contributed by atoms with van der Waals surface area (Å²) in [5.41, 5.74) is 1.11. The van der Waals surface area contributed by atoms with Gasteiger partial charge in [-0.25, -0.2) is 4.79 Å². The van der Waals surface area contributed by atoms with Crippen molar-refractivity contribution in [2.45, 2.75) is 52.2 Å². The summed E-state index contributed by atoms with van der Waals surface area (Å²) in [4.78, 5) is 12.0. The molecule has 2 atom stereocenters. The second kappa shape index (κ2) is 7.83. The highest BCUT2D eigenvalue weighted by molar-refractivity contribution is 5.86. The minimum Gasteiger partial charge on any atom is -0.447 e. The van der Waals surface area contributed by atoms with E-state index >= 15 is 0 Å². The highest BCUT2D eigenvalue weighted by Gasteiger charge is 2.14. The number of amides is 1. The Balaban J connectivity index is 2.02. The van der Waals surface area contributed by atoms with Crippen LogP contribution >= 0.6 is 0 Å². The van der Waals surface area contributed by atoms with Crippen LogP contribution in [0.2, 0.25) is 0 Å². The maximum absolute atomic E-state index is 12.0. The Morgan fingerprint density at radius 3 is 2.64 bits per heavy atom. The fourth-order valence-electron chi connectivity index (χ4n) is 2.65. The van der Waals surface area contributed by atoms with Crippen molar-refractivity contribution in [3.63, 3.8) is 0 Å². The van der Waals surface area contributed by atoms with Crippen LogP contribution < -0.4 is 5.32 Å². The topological polar surface area (TPSA) is 38.3 Å². The van der Waals surface area contributed by atoms with E-state index in [-0.39, 0.29) is 18.2 Å². The van der Waals surface area contributed by atoms with E-state index in [1.165, 1.54) is 5.39 Å². The van der Waals surface area contributed by atoms with Gasteiger partial charge in [-0.15, -0.1) is 0 Å². The average molecular weight is 299 g/mol. The van der Waals surface area contributed by atoms with E-state index in [0.717, 1.165) is 30.2 Å². The Bertz CT molecular complexity index is 618. The van der Waals surface area contributed by atoms with Crippen LogP contribution in [0.1, 0.15) is 51.6 Å². The minimum atomic E-state index is -0.343. The first kappa shape index (κ1) is 16.3. The van der Waals surface area contributed by atoms with Gasteiger partial charge in [-0.2, -0.15) is 0 Å². The Kier molecular flexibility index (Phi) is 5.82. The zero-order valence-electron chi connectivity index (χ0n) is 13.6. The Hall–Kier alpha value is -2.03. The summed E-state index contributed by atoms with van der Waals surface area (Å²) in [6.07, 6.45) is 2.71. The van der Waals surface area contributed by atoms with Crippen molar-refractivity contribution in [2.24, 2.45) is 0 Å². The molecule has 0 spiro atoms. The molecule has 0 aliphatic rings. The van der Waals surface area contributed by atoms with E-state index in [1.54, 1.807) is 0 Å². The van der Waals surface area contributed by atoms with E-state index in [2.05, 4.69) is 30.4 Å². The Morgan fingerprint density at radius 2 is 1.86 bits per heavy atom. The molecular formula is C19H25NO2. The standard InChI is InChI=1S/C19H25NO2/c1-4-5-9-14(2)22-19(21)20-15(3)17-13-8-11-16-10-6-7-12-18(16)17/h6-8,10-15H,4-5,9H2,1-3H3,(H,20,21). The molecule has 0 saturated carbocycles. The number of alkyl carbamates (subject to hydrolysis) is 1. The van der Waals surface area contributed by atoms with E-state index in [4.69, 9.17) is 4.74 Å². The molecule has 0 saturated heterocycles. The van der Waals surface area contributed by atoms with Crippen molar-refractivity contribution in [2.75, 3.05) is 0 Å². The van der Waals surface area contributed by atoms with E-state index < -0.39 is 0 Å². The third-order valence-electron chi connectivity index (χ3n) is 3.90. The molecule has 0 heterocycles. The number of carbonyl (C=O) groups is 1. The molecule has 0 aliphatic heterocycles. The number of rotatable bonds is 6. The largest absolute Gasteiger partial charge is 0.447 e. The fourth-order valence-corrected chi connectivity index (χ4v) is 2.65. The van der Waals surface area contributed by atoms with Crippen molar-refractivity contribution in [1.29, 1.82) is 0 Å². The lowest BCUT2D eigenvalue weighted by Gasteiger charge is -2.19. The summed E-state index contributed by atoms with van der Waals surface area (Å²) in [6.45, 7) is 6.06. The maximum atomic E-state index is 12.0. The summed E-state index contributed by atoms with van der Waals surface area (Å²) < 4.78 is 5.41. The van der Waals surface area contributed by atoms with Crippen LogP contribution in [0.4, 0.5) is 4.79 Å². The highest BCUT2D eigenvalue weighted by Crippen LogP contribution is 2.24. The van der Waals surface area contributed by atoms with Gasteiger partial charge in [0.15, 0.2) is 0 Å². The van der Waals surface area contributed by atoms with Crippen molar-refractivity contribution in [1.82, 2.24) is 5.32 Å². The molecule has 0 aliphatic carbocycles. The first-order valence-electron chi connectivity index (χ1n) is 8.06. The third kappa shape index (κ3) is 4.23. The normalized spacial score (nSPS) is 13.6. The molecule has 3 nitrogen and oxygen atoms in total. The predicted octanol–water partition coefficient (Wildman–Crippen LogP) is 5.21. The molecule has 118 valence electrons. The molecule has 1 amide bonds. The van der Waals surface area contributed by atoms with Gasteiger partial charge in [0.25, 0.3) is 0 Å². The lowest BCUT2D eigenvalue weighted by Crippen LogP contribution is -2.30. The van der Waals surface area contributed by atoms with Crippen LogP contribution in [-0.2, 0) is 4.74 Å². The lowest BCUT2D eigenvalue weighted by atomic mass is 10.00. The molecule has 0 bridgehead atoms. The monoisotopic (exact) mass is 299 g/mol. The number of nitrogens with one attached hydrogen (secondary N) is 1. The molecule has 3 heteroatoms. The third-order valence-corrected chi connectivity index (χ3v) is 3.90. The summed E-state index contributed by atoms with van der Waals surface area (Å²) >= 11 is 0. The number of unbranched alkanes of at least 4 members (excludes halogenated alkanes) is 1. The van der Waals surface area contributed by atoms with Gasteiger partial charge in [0.2, 0.25) is 0 Å². The molecule has 2 unspecified atom stereocenters. The SMILES string of the molecule is CCCCC(C)OC(=O)NC(C)c1cccc2ccccc12. The molecule has 22 heavy (non-hydrogen) atoms. The Morgan fingerprint density at radius 1 is 1.14 bits per heavy atom. The molecule has 1 N–H and O–H groups in total. The van der Waals surface area contributed by atoms with Gasteiger partial charge in [0.05, 0.1) is 6.04 Å². The zero-order valence-corrected chi connectivity index (χ0v) is 13.6. The van der Waals surface area contributed by atoms with Crippen LogP contribution in [0.5, 0.6) is 0 Å². The van der Waals surface area contributed by atoms with Gasteiger partial charge < -0.3 is 10.1 Å². The molecular weight excluding hydrogens is 274 g/mol. The van der Waals surface area contributed by atoms with Gasteiger partial charge in [-0.05, 0) is 36.6 Å². The lowest BCUT2D eigenvalue weighted by molar-refractivity contribution is 0.0984. The van der Waals surface area contributed by atoms with Crippen LogP contribution in [0, 0.1) is 0 Å². The highest BCUT2D eigenvalue weighted by atomic mass is 16.6. The van der Waals surface area contributed by atoms with Crippen molar-refractivity contribution < 1.29 is 9.53 Å². The van der Waals surface area contributed by atoms with Crippen LogP contribution in [0.3, 0.4) is 0 Å². The van der Waals surface area contributed by atoms with E-state index in [0.29, 0.717) is 0 Å². The van der Waals surface area contributed by atoms with Crippen LogP contribution in [0.25, 0.3) is 10.8 Å². The molecule has 0 fully saturated rings. The van der Waals surface area contributed by atoms with E-state index in [9.17, 15) is 4.79 Å². The van der Waals surface area contributed by atoms with E-state index in [1.807, 2.05) is 38.1 Å². The second-order valence-corrected chi connectivity index (χ2v) is 5.79. The predicted molar refractivity (Wildman–Crippen MR) is 91.0 cm³/mol. The van der Waals surface area contributed by atoms with Crippen LogP contribution in [0.15, 0.2) is 42.5 Å². The summed E-state index contributed by atoms with van der Waals surface area (Å²) in [5, 5.41) is 5.28. The summed E-state index contributed by atoms with van der Waals surface area (Å²) in [6, 6.07) is 14.3. The summed E-state index contributed by atoms with van der Waals surface area (Å²) in [5.74, 6) is 0. The molecule has 0 aromatic heterocycles. The van der Waals surface area contributed by atoms with Gasteiger partial charge in [0, 0.05) is 0 Å². The van der Waals surface area contributed by atoms with Gasteiger partial charge >= 0.3 is 6.09 Å². The average Bonchev–Trinajstić information content (AvgIpc) is 2.52. The zero-order chi connectivity index (χ0) is 15.9. The smallest absolute Gasteiger partial charge is 0.407 e. The molecule has 2 rings (SSSR count).